The molecule has 0 aromatic carbocycles. The molecule has 2 rings (SSSR count). The van der Waals surface area contributed by atoms with E-state index < -0.39 is 0 Å². The lowest BCUT2D eigenvalue weighted by Crippen LogP contribution is -2.59. The number of nitrogens with zero attached hydrogens (tertiary/aromatic N) is 2. The van der Waals surface area contributed by atoms with Crippen LogP contribution in [0.3, 0.4) is 0 Å². The van der Waals surface area contributed by atoms with Crippen LogP contribution < -0.4 is 0 Å². The van der Waals surface area contributed by atoms with Crippen LogP contribution in [-0.2, 0) is 16.5 Å². The first-order chi connectivity index (χ1) is 9.98. The minimum Gasteiger partial charge on any atom is -0.457 e. The molecule has 0 amide bonds. The van der Waals surface area contributed by atoms with Crippen molar-refractivity contribution in [1.82, 2.24) is 9.78 Å². The average Bonchev–Trinajstić information content (AvgIpc) is 2.79. The molecule has 1 saturated carbocycles. The SMILES string of the molecule is CCO[C@H]1C[C@@H](OC(=O)c2cc(C)n(C)n2)C1(CC)CC. The first-order valence-corrected chi connectivity index (χ1v) is 7.81. The van der Waals surface area contributed by atoms with Crippen molar-refractivity contribution in [3.8, 4) is 0 Å². The van der Waals surface area contributed by atoms with Crippen molar-refractivity contribution >= 4 is 5.97 Å². The highest BCUT2D eigenvalue weighted by Gasteiger charge is 2.55. The van der Waals surface area contributed by atoms with Gasteiger partial charge in [-0.25, -0.2) is 4.79 Å². The van der Waals surface area contributed by atoms with Crippen molar-refractivity contribution < 1.29 is 14.3 Å². The molecule has 118 valence electrons. The zero-order chi connectivity index (χ0) is 15.6. The van der Waals surface area contributed by atoms with Crippen LogP contribution in [0.15, 0.2) is 6.07 Å². The second kappa shape index (κ2) is 6.18. The number of carbonyl (C=O) groups excluding carboxylic acids is 1. The van der Waals surface area contributed by atoms with Crippen molar-refractivity contribution in [2.24, 2.45) is 12.5 Å². The summed E-state index contributed by atoms with van der Waals surface area (Å²) in [4.78, 5) is 12.3. The maximum absolute atomic E-state index is 12.3. The van der Waals surface area contributed by atoms with E-state index in [-0.39, 0.29) is 23.6 Å². The molecule has 0 spiro atoms. The second-order valence-electron chi connectivity index (χ2n) is 5.81. The van der Waals surface area contributed by atoms with Gasteiger partial charge in [0.2, 0.25) is 0 Å². The first kappa shape index (κ1) is 16.0. The molecule has 0 unspecified atom stereocenters. The van der Waals surface area contributed by atoms with E-state index >= 15 is 0 Å². The third kappa shape index (κ3) is 2.71. The van der Waals surface area contributed by atoms with Crippen molar-refractivity contribution in [3.63, 3.8) is 0 Å². The molecule has 1 fully saturated rings. The van der Waals surface area contributed by atoms with E-state index in [4.69, 9.17) is 9.47 Å². The van der Waals surface area contributed by atoms with Gasteiger partial charge in [0, 0.05) is 31.2 Å². The highest BCUT2D eigenvalue weighted by molar-refractivity contribution is 5.87. The van der Waals surface area contributed by atoms with E-state index in [0.29, 0.717) is 12.3 Å². The summed E-state index contributed by atoms with van der Waals surface area (Å²) in [6, 6.07) is 1.76. The van der Waals surface area contributed by atoms with Crippen LogP contribution in [0.5, 0.6) is 0 Å². The average molecular weight is 294 g/mol. The smallest absolute Gasteiger partial charge is 0.359 e. The van der Waals surface area contributed by atoms with E-state index in [1.807, 2.05) is 20.9 Å². The summed E-state index contributed by atoms with van der Waals surface area (Å²) in [6.07, 6.45) is 2.81. The van der Waals surface area contributed by atoms with E-state index in [2.05, 4.69) is 18.9 Å². The predicted molar refractivity (Wildman–Crippen MR) is 80.2 cm³/mol. The molecular weight excluding hydrogens is 268 g/mol. The molecule has 5 nitrogen and oxygen atoms in total. The second-order valence-corrected chi connectivity index (χ2v) is 5.81. The van der Waals surface area contributed by atoms with Gasteiger partial charge in [-0.2, -0.15) is 5.10 Å². The first-order valence-electron chi connectivity index (χ1n) is 7.81. The van der Waals surface area contributed by atoms with Crippen LogP contribution in [0.1, 0.15) is 56.2 Å². The molecule has 1 aromatic heterocycles. The molecule has 0 saturated heterocycles. The van der Waals surface area contributed by atoms with Gasteiger partial charge in [0.05, 0.1) is 6.10 Å². The maximum atomic E-state index is 12.3. The molecule has 1 aliphatic carbocycles. The third-order valence-electron chi connectivity index (χ3n) is 4.97. The van der Waals surface area contributed by atoms with Gasteiger partial charge in [-0.05, 0) is 32.8 Å². The lowest BCUT2D eigenvalue weighted by Gasteiger charge is -2.53. The molecule has 1 aromatic rings. The molecule has 21 heavy (non-hydrogen) atoms. The lowest BCUT2D eigenvalue weighted by molar-refractivity contribution is -0.195. The number of hydrogen-bond donors (Lipinski definition) is 0. The van der Waals surface area contributed by atoms with Crippen LogP contribution in [0, 0.1) is 12.3 Å². The largest absolute Gasteiger partial charge is 0.457 e. The summed E-state index contributed by atoms with van der Waals surface area (Å²) in [6.45, 7) is 8.90. The maximum Gasteiger partial charge on any atom is 0.359 e. The fourth-order valence-corrected chi connectivity index (χ4v) is 3.32. The Morgan fingerprint density at radius 3 is 2.52 bits per heavy atom. The Labute approximate surface area is 126 Å². The number of carbonyl (C=O) groups is 1. The van der Waals surface area contributed by atoms with Gasteiger partial charge in [-0.1, -0.05) is 13.8 Å². The van der Waals surface area contributed by atoms with Gasteiger partial charge in [0.25, 0.3) is 0 Å². The van der Waals surface area contributed by atoms with E-state index in [1.165, 1.54) is 0 Å². The highest BCUT2D eigenvalue weighted by Crippen LogP contribution is 2.50. The van der Waals surface area contributed by atoms with Gasteiger partial charge < -0.3 is 9.47 Å². The van der Waals surface area contributed by atoms with E-state index in [0.717, 1.165) is 25.0 Å². The molecule has 1 aliphatic rings. The van der Waals surface area contributed by atoms with Gasteiger partial charge in [0.1, 0.15) is 6.10 Å². The van der Waals surface area contributed by atoms with Crippen molar-refractivity contribution in [2.75, 3.05) is 6.61 Å². The third-order valence-corrected chi connectivity index (χ3v) is 4.97. The van der Waals surface area contributed by atoms with Crippen LogP contribution >= 0.6 is 0 Å². The Kier molecular flexibility index (Phi) is 4.71. The Balaban J connectivity index is 2.07. The number of esters is 1. The Bertz CT molecular complexity index is 486. The van der Waals surface area contributed by atoms with Gasteiger partial charge in [-0.3, -0.25) is 4.68 Å². The Morgan fingerprint density at radius 1 is 1.38 bits per heavy atom. The Morgan fingerprint density at radius 2 is 2.05 bits per heavy atom. The zero-order valence-corrected chi connectivity index (χ0v) is 13.7. The van der Waals surface area contributed by atoms with Gasteiger partial charge in [0.15, 0.2) is 5.69 Å². The summed E-state index contributed by atoms with van der Waals surface area (Å²) < 4.78 is 13.2. The fraction of sp³-hybridized carbons (Fsp3) is 0.750. The molecule has 0 bridgehead atoms. The zero-order valence-electron chi connectivity index (χ0n) is 13.7. The molecule has 2 atom stereocenters. The fourth-order valence-electron chi connectivity index (χ4n) is 3.32. The van der Waals surface area contributed by atoms with Crippen LogP contribution in [0.4, 0.5) is 0 Å². The minimum absolute atomic E-state index is 0.0461. The van der Waals surface area contributed by atoms with Crippen LogP contribution in [-0.4, -0.2) is 34.6 Å². The van der Waals surface area contributed by atoms with E-state index in [9.17, 15) is 4.79 Å². The summed E-state index contributed by atoms with van der Waals surface area (Å²) >= 11 is 0. The summed E-state index contributed by atoms with van der Waals surface area (Å²) in [5.74, 6) is -0.329. The summed E-state index contributed by atoms with van der Waals surface area (Å²) in [5, 5.41) is 4.19. The topological polar surface area (TPSA) is 53.4 Å². The normalized spacial score (nSPS) is 23.7. The Hall–Kier alpha value is -1.36. The van der Waals surface area contributed by atoms with Crippen molar-refractivity contribution in [2.45, 2.75) is 59.2 Å². The molecule has 5 heteroatoms. The predicted octanol–water partition coefficient (Wildman–Crippen LogP) is 2.87. The van der Waals surface area contributed by atoms with Gasteiger partial charge in [-0.15, -0.1) is 0 Å². The minimum atomic E-state index is -0.329. The number of hydrogen-bond acceptors (Lipinski definition) is 4. The number of aromatic nitrogens is 2. The van der Waals surface area contributed by atoms with E-state index in [1.54, 1.807) is 10.7 Å². The monoisotopic (exact) mass is 294 g/mol. The molecule has 0 N–H and O–H groups in total. The standard InChI is InChI=1S/C16H26N2O3/c1-6-16(7-2)13(20-8-3)10-14(16)21-15(19)12-9-11(4)18(5)17-12/h9,13-14H,6-8,10H2,1-5H3/t13-,14+/m0/s1. The summed E-state index contributed by atoms with van der Waals surface area (Å²) in [7, 11) is 1.82. The summed E-state index contributed by atoms with van der Waals surface area (Å²) in [5.41, 5.74) is 1.28. The number of ether oxygens (including phenoxy) is 2. The molecule has 0 radical (unpaired) electrons. The van der Waals surface area contributed by atoms with Crippen LogP contribution in [0.25, 0.3) is 0 Å². The molecular formula is C16H26N2O3. The molecule has 1 heterocycles. The van der Waals surface area contributed by atoms with Crippen molar-refractivity contribution in [1.29, 1.82) is 0 Å². The molecule has 0 aliphatic heterocycles. The van der Waals surface area contributed by atoms with Gasteiger partial charge >= 0.3 is 5.97 Å². The number of rotatable bonds is 6. The lowest BCUT2D eigenvalue weighted by atomic mass is 9.60. The number of aryl methyl sites for hydroxylation is 2. The quantitative estimate of drug-likeness (QED) is 0.757. The van der Waals surface area contributed by atoms with Crippen molar-refractivity contribution in [3.05, 3.63) is 17.5 Å². The highest BCUT2D eigenvalue weighted by atomic mass is 16.6. The van der Waals surface area contributed by atoms with Crippen LogP contribution in [0.2, 0.25) is 0 Å².